The first-order valence-electron chi connectivity index (χ1n) is 20.9. The highest BCUT2D eigenvalue weighted by Gasteiger charge is 2.17. The van der Waals surface area contributed by atoms with Crippen molar-refractivity contribution in [1.82, 2.24) is 97.9 Å². The molecule has 32 nitrogen and oxygen atoms in total. The number of carboxylic acids is 2. The Morgan fingerprint density at radius 3 is 1.33 bits per heavy atom. The lowest BCUT2D eigenvalue weighted by Gasteiger charge is -2.06. The second-order valence-corrected chi connectivity index (χ2v) is 14.5. The number of aliphatic hydroxyl groups is 1. The van der Waals surface area contributed by atoms with Gasteiger partial charge in [0.15, 0.2) is 17.1 Å². The summed E-state index contributed by atoms with van der Waals surface area (Å²) in [6.07, 6.45) is 7.46. The lowest BCUT2D eigenvalue weighted by atomic mass is 10.3. The summed E-state index contributed by atoms with van der Waals surface area (Å²) in [5, 5.41) is 63.4. The van der Waals surface area contributed by atoms with Crippen molar-refractivity contribution in [3.63, 3.8) is 0 Å². The third-order valence-electron chi connectivity index (χ3n) is 9.53. The molecule has 0 fully saturated rings. The highest BCUT2D eigenvalue weighted by molar-refractivity contribution is 5.92. The Kier molecular flexibility index (Phi) is 18.0. The maximum atomic E-state index is 11.2. The van der Waals surface area contributed by atoms with Gasteiger partial charge in [0, 0.05) is 36.0 Å². The van der Waals surface area contributed by atoms with E-state index in [2.05, 4.69) is 85.4 Å². The van der Waals surface area contributed by atoms with Gasteiger partial charge >= 0.3 is 23.9 Å². The number of aryl methyl sites for hydroxylation is 4. The van der Waals surface area contributed by atoms with Crippen LogP contribution in [0.25, 0.3) is 28.9 Å². The number of ether oxygens (including phenoxy) is 5. The number of carboxylic acid groups (broad SMARTS) is 2. The van der Waals surface area contributed by atoms with Crippen LogP contribution in [-0.2, 0) is 36.9 Å². The Morgan fingerprint density at radius 1 is 0.479 bits per heavy atom. The summed E-state index contributed by atoms with van der Waals surface area (Å²) in [5.74, 6) is -1.64. The van der Waals surface area contributed by atoms with Crippen LogP contribution in [0.5, 0.6) is 0 Å². The molecule has 10 aromatic heterocycles. The zero-order valence-electron chi connectivity index (χ0n) is 39.8. The van der Waals surface area contributed by atoms with E-state index >= 15 is 0 Å². The number of hydrogen-bond donors (Lipinski definition) is 3. The lowest BCUT2D eigenvalue weighted by molar-refractivity contribution is -0.0732. The molecule has 0 amide bonds. The van der Waals surface area contributed by atoms with Gasteiger partial charge in [0.25, 0.3) is 28.9 Å². The number of esters is 2. The Bertz CT molecular complexity index is 3510. The molecule has 3 N–H and O–H groups in total. The average molecular weight is 1010 g/mol. The van der Waals surface area contributed by atoms with Gasteiger partial charge in [-0.1, -0.05) is 0 Å². The normalized spacial score (nSPS) is 10.7. The van der Waals surface area contributed by atoms with E-state index in [1.165, 1.54) is 32.9 Å². The minimum Gasteiger partial charge on any atom is -0.477 e. The summed E-state index contributed by atoms with van der Waals surface area (Å²) in [6, 6.07) is 7.94. The molecule has 32 heteroatoms. The first-order chi connectivity index (χ1) is 35.1. The number of carbonyl (C=O) groups is 4. The lowest BCUT2D eigenvalue weighted by Crippen LogP contribution is -2.12. The Hall–Kier alpha value is -9.53. The SMILES string of the molecule is COC(=O)c1cc(C(=O)O)n2cnnc2n1.COC(=O)c1cc(C)n2cnnc2n1.COCCOCOCc1cc(C)n2cnnc2n1.Cc1cc(C(=O)O)nc2nncn12.Cc1cc(CO)nc2nncn12. The van der Waals surface area contributed by atoms with Crippen LogP contribution in [0.4, 0.5) is 0 Å². The first-order valence-corrected chi connectivity index (χ1v) is 20.9. The van der Waals surface area contributed by atoms with Gasteiger partial charge < -0.3 is 39.0 Å². The summed E-state index contributed by atoms with van der Waals surface area (Å²) in [5.41, 5.74) is 4.93. The molecule has 0 aliphatic heterocycles. The number of carbonyl (C=O) groups excluding carboxylic acids is 2. The summed E-state index contributed by atoms with van der Waals surface area (Å²) < 4.78 is 32.4. The van der Waals surface area contributed by atoms with Gasteiger partial charge in [0.05, 0.1) is 52.0 Å². The molecule has 73 heavy (non-hydrogen) atoms. The standard InChI is InChI=1S/C11H16N4O3.C8H6N4O4.C8H8N4O2.C7H6N4O2.C7H8N4O/c1-9-5-10(6-18-8-17-4-3-16-2)13-11-14-12-7-15(9)11;1-16-7(15)4-2-5(6(13)14)12-3-9-11-8(12)10-4;1-5-3-6(7(13)14-2)10-8-11-9-4-12(5)8;1-4-2-5(6(12)13)9-7-10-8-3-11(4)7;1-5-2-6(3-12)9-7-10-8-4-11(5)7/h5,7H,3-4,6,8H2,1-2H3;2-3H,1H3,(H,13,14);3-4H,1-2H3;2-3H,1H3,(H,12,13);2,4,12H,3H2,1H3. The molecule has 0 spiro atoms. The summed E-state index contributed by atoms with van der Waals surface area (Å²) in [7, 11) is 4.12. The third-order valence-corrected chi connectivity index (χ3v) is 9.53. The molecule has 10 heterocycles. The van der Waals surface area contributed by atoms with Crippen molar-refractivity contribution in [3.8, 4) is 0 Å². The van der Waals surface area contributed by atoms with Crippen LogP contribution in [0.3, 0.4) is 0 Å². The number of aliphatic hydroxyl groups excluding tert-OH is 1. The van der Waals surface area contributed by atoms with Gasteiger partial charge in [0.1, 0.15) is 44.1 Å². The molecule has 0 atom stereocenters. The molecular formula is C41H44N20O12. The van der Waals surface area contributed by atoms with Gasteiger partial charge in [-0.15, -0.1) is 51.0 Å². The maximum absolute atomic E-state index is 11.2. The van der Waals surface area contributed by atoms with Crippen molar-refractivity contribution < 1.29 is 58.2 Å². The van der Waals surface area contributed by atoms with E-state index < -0.39 is 23.9 Å². The number of aromatic nitrogens is 20. The summed E-state index contributed by atoms with van der Waals surface area (Å²) >= 11 is 0. The Morgan fingerprint density at radius 2 is 0.877 bits per heavy atom. The van der Waals surface area contributed by atoms with Crippen LogP contribution in [0.1, 0.15) is 76.1 Å². The van der Waals surface area contributed by atoms with E-state index in [4.69, 9.17) is 29.5 Å². The smallest absolute Gasteiger partial charge is 0.356 e. The molecule has 0 bridgehead atoms. The van der Waals surface area contributed by atoms with E-state index in [-0.39, 0.29) is 42.0 Å². The molecule has 0 unspecified atom stereocenters. The molecule has 0 aromatic carbocycles. The van der Waals surface area contributed by atoms with Crippen LogP contribution >= 0.6 is 0 Å². The van der Waals surface area contributed by atoms with Crippen LogP contribution in [0, 0.1) is 27.7 Å². The van der Waals surface area contributed by atoms with Gasteiger partial charge in [0.2, 0.25) is 0 Å². The minimum absolute atomic E-state index is 0.0157. The second-order valence-electron chi connectivity index (χ2n) is 14.5. The number of aromatic carboxylic acids is 2. The largest absolute Gasteiger partial charge is 0.477 e. The van der Waals surface area contributed by atoms with Crippen molar-refractivity contribution in [2.75, 3.05) is 41.3 Å². The van der Waals surface area contributed by atoms with Crippen molar-refractivity contribution >= 4 is 52.8 Å². The van der Waals surface area contributed by atoms with E-state index in [1.807, 2.05) is 31.2 Å². The predicted molar refractivity (Wildman–Crippen MR) is 243 cm³/mol. The highest BCUT2D eigenvalue weighted by Crippen LogP contribution is 2.10. The highest BCUT2D eigenvalue weighted by atomic mass is 16.7. The predicted octanol–water partition coefficient (Wildman–Crippen LogP) is 0.454. The van der Waals surface area contributed by atoms with Gasteiger partial charge in [-0.2, -0.15) is 0 Å². The summed E-state index contributed by atoms with van der Waals surface area (Å²) in [6.45, 7) is 9.12. The zero-order chi connectivity index (χ0) is 52.6. The van der Waals surface area contributed by atoms with Crippen LogP contribution in [0.15, 0.2) is 62.0 Å². The third kappa shape index (κ3) is 13.4. The number of nitrogens with zero attached hydrogens (tertiary/aromatic N) is 20. The molecule has 10 rings (SSSR count). The van der Waals surface area contributed by atoms with Crippen molar-refractivity contribution in [3.05, 3.63) is 119 Å². The van der Waals surface area contributed by atoms with Crippen molar-refractivity contribution in [2.24, 2.45) is 0 Å². The van der Waals surface area contributed by atoms with Gasteiger partial charge in [-0.05, 0) is 52.0 Å². The Labute approximate surface area is 409 Å². The fourth-order valence-corrected chi connectivity index (χ4v) is 6.04. The molecule has 380 valence electrons. The van der Waals surface area contributed by atoms with Crippen molar-refractivity contribution in [2.45, 2.75) is 40.9 Å². The van der Waals surface area contributed by atoms with Crippen molar-refractivity contribution in [1.29, 1.82) is 0 Å². The van der Waals surface area contributed by atoms with E-state index in [0.717, 1.165) is 38.9 Å². The fourth-order valence-electron chi connectivity index (χ4n) is 6.04. The monoisotopic (exact) mass is 1010 g/mol. The minimum atomic E-state index is -1.21. The molecule has 0 aliphatic rings. The Balaban J connectivity index is 0.000000150. The van der Waals surface area contributed by atoms with Crippen LogP contribution in [0.2, 0.25) is 0 Å². The average Bonchev–Trinajstić information content (AvgIpc) is 4.25. The molecule has 0 aliphatic carbocycles. The number of fused-ring (bicyclic) bond motifs is 5. The molecule has 0 saturated carbocycles. The quantitative estimate of drug-likeness (QED) is 0.0849. The number of hydrogen-bond acceptors (Lipinski definition) is 25. The second kappa shape index (κ2) is 24.8. The first kappa shape index (κ1) is 52.8. The molecule has 10 aromatic rings. The van der Waals surface area contributed by atoms with Crippen LogP contribution < -0.4 is 0 Å². The summed E-state index contributed by atoms with van der Waals surface area (Å²) in [4.78, 5) is 63.9. The van der Waals surface area contributed by atoms with E-state index in [1.54, 1.807) is 58.4 Å². The zero-order valence-corrected chi connectivity index (χ0v) is 39.8. The van der Waals surface area contributed by atoms with Gasteiger partial charge in [-0.25, -0.2) is 44.1 Å². The van der Waals surface area contributed by atoms with Gasteiger partial charge in [-0.3, -0.25) is 22.0 Å². The number of rotatable bonds is 12. The topological polar surface area (TPSA) is 391 Å². The number of methoxy groups -OCH3 is 3. The molecule has 0 radical (unpaired) electrons. The maximum Gasteiger partial charge on any atom is 0.356 e. The van der Waals surface area contributed by atoms with E-state index in [0.29, 0.717) is 48.6 Å². The van der Waals surface area contributed by atoms with E-state index in [9.17, 15) is 19.2 Å². The molecular weight excluding hydrogens is 965 g/mol. The molecule has 0 saturated heterocycles. The van der Waals surface area contributed by atoms with Crippen LogP contribution in [-0.4, -0.2) is 178 Å². The fraction of sp³-hybridized carbons (Fsp3) is 0.293.